The van der Waals surface area contributed by atoms with Gasteiger partial charge in [-0.1, -0.05) is 72.9 Å². The summed E-state index contributed by atoms with van der Waals surface area (Å²) in [7, 11) is 0. The van der Waals surface area contributed by atoms with Crippen LogP contribution in [0.3, 0.4) is 0 Å². The summed E-state index contributed by atoms with van der Waals surface area (Å²) in [5.41, 5.74) is 9.77. The minimum absolute atomic E-state index is 0.0684. The normalized spacial score (nSPS) is 25.1. The van der Waals surface area contributed by atoms with E-state index in [0.717, 1.165) is 68.3 Å². The highest BCUT2D eigenvalue weighted by atomic mass is 19.1. The molecule has 0 saturated heterocycles. The summed E-state index contributed by atoms with van der Waals surface area (Å²) >= 11 is 0. The molecule has 4 aliphatic rings. The zero-order valence-corrected chi connectivity index (χ0v) is 21.5. The first-order valence-electron chi connectivity index (χ1n) is 13.6. The molecule has 0 amide bonds. The summed E-state index contributed by atoms with van der Waals surface area (Å²) in [6, 6.07) is 16.4. The third-order valence-corrected chi connectivity index (χ3v) is 9.02. The van der Waals surface area contributed by atoms with Crippen LogP contribution in [0.15, 0.2) is 107 Å². The van der Waals surface area contributed by atoms with Gasteiger partial charge in [0.2, 0.25) is 0 Å². The number of furan rings is 1. The number of benzene rings is 3. The van der Waals surface area contributed by atoms with Crippen LogP contribution in [0.2, 0.25) is 0 Å². The Kier molecular flexibility index (Phi) is 4.45. The lowest BCUT2D eigenvalue weighted by Crippen LogP contribution is -2.39. The highest BCUT2D eigenvalue weighted by Crippen LogP contribution is 2.57. The van der Waals surface area contributed by atoms with E-state index in [9.17, 15) is 0 Å². The Morgan fingerprint density at radius 2 is 1.95 bits per heavy atom. The summed E-state index contributed by atoms with van der Waals surface area (Å²) < 4.78 is 22.8. The van der Waals surface area contributed by atoms with E-state index in [1.54, 1.807) is 0 Å². The van der Waals surface area contributed by atoms with Gasteiger partial charge in [0.05, 0.1) is 6.04 Å². The molecule has 0 bridgehead atoms. The second-order valence-corrected chi connectivity index (χ2v) is 11.0. The molecule has 2 heterocycles. The topological polar surface area (TPSA) is 16.4 Å². The Balaban J connectivity index is 1.40. The number of rotatable bonds is 2. The summed E-state index contributed by atoms with van der Waals surface area (Å²) in [6.07, 6.45) is 18.6. The van der Waals surface area contributed by atoms with E-state index in [1.807, 2.05) is 43.3 Å². The third kappa shape index (κ3) is 2.66. The van der Waals surface area contributed by atoms with Crippen LogP contribution in [0.25, 0.3) is 39.1 Å². The Labute approximate surface area is 221 Å². The van der Waals surface area contributed by atoms with Crippen molar-refractivity contribution >= 4 is 33.7 Å². The maximum absolute atomic E-state index is 16.6. The number of nitrogens with zero attached hydrogens (tertiary/aromatic N) is 1. The highest BCUT2D eigenvalue weighted by Gasteiger charge is 2.48. The van der Waals surface area contributed by atoms with Crippen LogP contribution in [0, 0.1) is 5.41 Å². The number of anilines is 1. The smallest absolute Gasteiger partial charge is 0.152 e. The molecule has 8 rings (SSSR count). The zero-order chi connectivity index (χ0) is 25.6. The van der Waals surface area contributed by atoms with Crippen LogP contribution in [-0.2, 0) is 0 Å². The molecule has 4 aromatic rings. The van der Waals surface area contributed by atoms with Crippen molar-refractivity contribution in [3.63, 3.8) is 0 Å². The summed E-state index contributed by atoms with van der Waals surface area (Å²) in [5, 5.41) is 2.04. The lowest BCUT2D eigenvalue weighted by Gasteiger charge is -2.37. The van der Waals surface area contributed by atoms with Gasteiger partial charge in [0.1, 0.15) is 11.2 Å². The van der Waals surface area contributed by atoms with Crippen LogP contribution in [0.5, 0.6) is 0 Å². The fourth-order valence-corrected chi connectivity index (χ4v) is 7.37. The lowest BCUT2D eigenvalue weighted by molar-refractivity contribution is 0.409. The molecule has 3 aliphatic carbocycles. The van der Waals surface area contributed by atoms with Gasteiger partial charge in [0.15, 0.2) is 6.17 Å². The zero-order valence-electron chi connectivity index (χ0n) is 21.5. The molecule has 1 aromatic heterocycles. The van der Waals surface area contributed by atoms with E-state index in [0.29, 0.717) is 0 Å². The molecule has 0 radical (unpaired) electrons. The second-order valence-electron chi connectivity index (χ2n) is 11.0. The van der Waals surface area contributed by atoms with E-state index in [-0.39, 0.29) is 11.5 Å². The van der Waals surface area contributed by atoms with Gasteiger partial charge in [0.25, 0.3) is 0 Å². The highest BCUT2D eigenvalue weighted by molar-refractivity contribution is 6.15. The molecule has 0 fully saturated rings. The van der Waals surface area contributed by atoms with Gasteiger partial charge in [-0.25, -0.2) is 4.39 Å². The minimum Gasteiger partial charge on any atom is -0.456 e. The van der Waals surface area contributed by atoms with E-state index in [1.165, 1.54) is 11.3 Å². The lowest BCUT2D eigenvalue weighted by atomic mass is 9.73. The van der Waals surface area contributed by atoms with Crippen molar-refractivity contribution in [3.8, 4) is 11.1 Å². The van der Waals surface area contributed by atoms with Crippen molar-refractivity contribution < 1.29 is 8.81 Å². The van der Waals surface area contributed by atoms with Crippen LogP contribution < -0.4 is 4.90 Å². The molecule has 3 aromatic carbocycles. The number of hydrogen-bond acceptors (Lipinski definition) is 2. The number of fused-ring (bicyclic) bond motifs is 9. The van der Waals surface area contributed by atoms with Gasteiger partial charge in [-0.05, 0) is 67.7 Å². The van der Waals surface area contributed by atoms with E-state index in [4.69, 9.17) is 4.42 Å². The minimum atomic E-state index is -1.20. The summed E-state index contributed by atoms with van der Waals surface area (Å²) in [6.45, 7) is 4.37. The summed E-state index contributed by atoms with van der Waals surface area (Å²) in [4.78, 5) is 2.46. The standard InChI is InChI=1S/C35H28FNO/c1-3-10-21-26(37-27-13-6-5-12-25(27)35(2)20-9-8-15-30(35)37)18-16-23-31-24(34(36)32(21)23)17-19-29-33(31)22-11-4-7-14-28(22)38-29/h3-4,6-11,13-20,30,34H,5,12H2,1-2H3/b10-3-. The molecular weight excluding hydrogens is 469 g/mol. The third-order valence-electron chi connectivity index (χ3n) is 9.02. The van der Waals surface area contributed by atoms with Crippen LogP contribution in [0.1, 0.15) is 49.6 Å². The predicted octanol–water partition coefficient (Wildman–Crippen LogP) is 9.58. The first-order chi connectivity index (χ1) is 18.6. The first-order valence-corrected chi connectivity index (χ1v) is 13.6. The molecule has 3 heteroatoms. The molecule has 0 spiro atoms. The van der Waals surface area contributed by atoms with E-state index < -0.39 is 6.17 Å². The largest absolute Gasteiger partial charge is 0.456 e. The maximum Gasteiger partial charge on any atom is 0.152 e. The van der Waals surface area contributed by atoms with Crippen LogP contribution in [0.4, 0.5) is 10.1 Å². The molecule has 2 nitrogen and oxygen atoms in total. The van der Waals surface area contributed by atoms with E-state index >= 15 is 4.39 Å². The van der Waals surface area contributed by atoms with Crippen LogP contribution >= 0.6 is 0 Å². The SMILES string of the molecule is C/C=C\c1c(N2C3=C(CCC=C3)C3(C)C=CC=CC23)ccc2c1C(F)c1ccc3oc4ccccc4c3c1-2. The molecule has 3 atom stereocenters. The van der Waals surface area contributed by atoms with Gasteiger partial charge in [-0.2, -0.15) is 0 Å². The molecule has 0 saturated carbocycles. The fraction of sp³-hybridized carbons (Fsp3) is 0.200. The van der Waals surface area contributed by atoms with Crippen molar-refractivity contribution in [2.45, 2.75) is 38.9 Å². The quantitative estimate of drug-likeness (QED) is 0.274. The Bertz CT molecular complexity index is 1830. The first kappa shape index (κ1) is 21.9. The van der Waals surface area contributed by atoms with Gasteiger partial charge in [0, 0.05) is 44.3 Å². The van der Waals surface area contributed by atoms with Crippen molar-refractivity contribution in [2.24, 2.45) is 5.41 Å². The van der Waals surface area contributed by atoms with Gasteiger partial charge in [-0.15, -0.1) is 0 Å². The molecule has 3 unspecified atom stereocenters. The molecule has 38 heavy (non-hydrogen) atoms. The van der Waals surface area contributed by atoms with Gasteiger partial charge in [-0.3, -0.25) is 0 Å². The van der Waals surface area contributed by atoms with Crippen molar-refractivity contribution in [2.75, 3.05) is 4.90 Å². The second kappa shape index (κ2) is 7.70. The Morgan fingerprint density at radius 1 is 1.05 bits per heavy atom. The number of hydrogen-bond donors (Lipinski definition) is 0. The molecule has 186 valence electrons. The van der Waals surface area contributed by atoms with Crippen LogP contribution in [-0.4, -0.2) is 6.04 Å². The predicted molar refractivity (Wildman–Crippen MR) is 155 cm³/mol. The Morgan fingerprint density at radius 3 is 2.84 bits per heavy atom. The average Bonchev–Trinajstić information content (AvgIpc) is 3.55. The van der Waals surface area contributed by atoms with Gasteiger partial charge >= 0.3 is 0 Å². The molecular formula is C35H28FNO. The number of para-hydroxylation sites is 1. The molecule has 1 aliphatic heterocycles. The average molecular weight is 498 g/mol. The summed E-state index contributed by atoms with van der Waals surface area (Å²) in [5.74, 6) is 0. The van der Waals surface area contributed by atoms with Crippen molar-refractivity contribution in [3.05, 3.63) is 119 Å². The maximum atomic E-state index is 16.6. The van der Waals surface area contributed by atoms with Crippen molar-refractivity contribution in [1.29, 1.82) is 0 Å². The number of halogens is 1. The monoisotopic (exact) mass is 497 g/mol. The fourth-order valence-electron chi connectivity index (χ4n) is 7.37. The van der Waals surface area contributed by atoms with Gasteiger partial charge < -0.3 is 9.32 Å². The van der Waals surface area contributed by atoms with Crippen molar-refractivity contribution in [1.82, 2.24) is 0 Å². The Hall–Kier alpha value is -4.11. The molecule has 0 N–H and O–H groups in total. The van der Waals surface area contributed by atoms with E-state index in [2.05, 4.69) is 72.6 Å². The number of allylic oxidation sites excluding steroid dienone is 5. The number of alkyl halides is 1.